The number of nitrogens with two attached hydrogens (primary N) is 3. The van der Waals surface area contributed by atoms with Crippen LogP contribution in [-0.4, -0.2) is 77.5 Å². The van der Waals surface area contributed by atoms with Gasteiger partial charge in [0.15, 0.2) is 5.96 Å². The Balaban J connectivity index is 2.22. The van der Waals surface area contributed by atoms with Crippen LogP contribution in [0.4, 0.5) is 0 Å². The van der Waals surface area contributed by atoms with Gasteiger partial charge in [0.2, 0.25) is 17.7 Å². The van der Waals surface area contributed by atoms with E-state index in [0.717, 1.165) is 11.1 Å². The summed E-state index contributed by atoms with van der Waals surface area (Å²) in [6.45, 7) is 0.204. The second kappa shape index (κ2) is 18.4. The van der Waals surface area contributed by atoms with E-state index in [1.54, 1.807) is 0 Å². The quantitative estimate of drug-likeness (QED) is 0.0704. The molecule has 0 aliphatic heterocycles. The van der Waals surface area contributed by atoms with Crippen LogP contribution >= 0.6 is 11.8 Å². The zero-order valence-electron chi connectivity index (χ0n) is 23.7. The first-order valence-electron chi connectivity index (χ1n) is 13.6. The Morgan fingerprint density at radius 3 is 1.86 bits per heavy atom. The summed E-state index contributed by atoms with van der Waals surface area (Å²) in [5, 5.41) is 17.5. The summed E-state index contributed by atoms with van der Waals surface area (Å²) in [5.74, 6) is -2.56. The standard InChI is InChI=1S/C29H41N7O5S/c1-42-16-14-23(28(40)41)35-26(38)22(13-8-15-33-29(31)32)34-27(39)24(18-20-11-6-3-7-12-20)36-25(37)21(30)17-19-9-4-2-5-10-19/h2-7,9-12,21-24H,8,13-18,30H2,1H3,(H,34,39)(H,35,38)(H,36,37)(H,40,41)(H4,31,32,33). The SMILES string of the molecule is CSCCC(NC(=O)C(CCCN=C(N)N)NC(=O)C(Cc1ccccc1)NC(=O)C(N)Cc1ccccc1)C(=O)O. The molecule has 0 heterocycles. The van der Waals surface area contributed by atoms with Gasteiger partial charge in [0.05, 0.1) is 6.04 Å². The third-order valence-corrected chi connectivity index (χ3v) is 7.00. The lowest BCUT2D eigenvalue weighted by Crippen LogP contribution is -2.57. The fourth-order valence-electron chi connectivity index (χ4n) is 4.11. The molecule has 42 heavy (non-hydrogen) atoms. The van der Waals surface area contributed by atoms with E-state index in [4.69, 9.17) is 17.2 Å². The van der Waals surface area contributed by atoms with Crippen molar-refractivity contribution in [1.29, 1.82) is 0 Å². The van der Waals surface area contributed by atoms with Gasteiger partial charge in [-0.1, -0.05) is 60.7 Å². The number of benzene rings is 2. The molecule has 0 spiro atoms. The number of carbonyl (C=O) groups excluding carboxylic acids is 3. The molecule has 0 saturated carbocycles. The first-order chi connectivity index (χ1) is 20.1. The average molecular weight is 600 g/mol. The Morgan fingerprint density at radius 2 is 1.31 bits per heavy atom. The zero-order chi connectivity index (χ0) is 30.9. The highest BCUT2D eigenvalue weighted by Gasteiger charge is 2.30. The fourth-order valence-corrected chi connectivity index (χ4v) is 4.58. The third-order valence-electron chi connectivity index (χ3n) is 6.35. The lowest BCUT2D eigenvalue weighted by atomic mass is 10.0. The lowest BCUT2D eigenvalue weighted by Gasteiger charge is -2.25. The largest absolute Gasteiger partial charge is 0.480 e. The number of hydrogen-bond acceptors (Lipinski definition) is 7. The first kappa shape index (κ1) is 34.1. The number of aliphatic carboxylic acids is 1. The van der Waals surface area contributed by atoms with Crippen molar-refractivity contribution in [2.24, 2.45) is 22.2 Å². The molecule has 228 valence electrons. The first-order valence-corrected chi connectivity index (χ1v) is 15.0. The maximum Gasteiger partial charge on any atom is 0.326 e. The second-order valence-electron chi connectivity index (χ2n) is 9.74. The molecular formula is C29H41N7O5S. The van der Waals surface area contributed by atoms with Gasteiger partial charge in [-0.15, -0.1) is 0 Å². The molecule has 2 rings (SSSR count). The number of carboxylic acids is 1. The van der Waals surface area contributed by atoms with Gasteiger partial charge in [-0.3, -0.25) is 19.4 Å². The molecule has 2 aromatic carbocycles. The molecule has 0 aromatic heterocycles. The monoisotopic (exact) mass is 599 g/mol. The summed E-state index contributed by atoms with van der Waals surface area (Å²) < 4.78 is 0. The molecule has 13 heteroatoms. The van der Waals surface area contributed by atoms with Gasteiger partial charge < -0.3 is 38.3 Å². The Bertz CT molecular complexity index is 1180. The van der Waals surface area contributed by atoms with Gasteiger partial charge in [0.25, 0.3) is 0 Å². The van der Waals surface area contributed by atoms with Crippen LogP contribution in [0.25, 0.3) is 0 Å². The Labute approximate surface area is 250 Å². The topological polar surface area (TPSA) is 215 Å². The summed E-state index contributed by atoms with van der Waals surface area (Å²) in [5.41, 5.74) is 18.6. The third kappa shape index (κ3) is 12.6. The summed E-state index contributed by atoms with van der Waals surface area (Å²) in [6.07, 6.45) is 2.92. The highest BCUT2D eigenvalue weighted by molar-refractivity contribution is 7.98. The summed E-state index contributed by atoms with van der Waals surface area (Å²) in [7, 11) is 0. The van der Waals surface area contributed by atoms with E-state index in [2.05, 4.69) is 20.9 Å². The van der Waals surface area contributed by atoms with Gasteiger partial charge in [-0.2, -0.15) is 11.8 Å². The normalized spacial score (nSPS) is 13.6. The van der Waals surface area contributed by atoms with Crippen molar-refractivity contribution in [1.82, 2.24) is 16.0 Å². The van der Waals surface area contributed by atoms with Crippen molar-refractivity contribution in [2.45, 2.75) is 56.3 Å². The maximum absolute atomic E-state index is 13.6. The van der Waals surface area contributed by atoms with Crippen molar-refractivity contribution < 1.29 is 24.3 Å². The Hall–Kier alpha value is -4.10. The van der Waals surface area contributed by atoms with Crippen molar-refractivity contribution >= 4 is 41.4 Å². The molecule has 0 saturated heterocycles. The van der Waals surface area contributed by atoms with Gasteiger partial charge in [-0.25, -0.2) is 4.79 Å². The lowest BCUT2D eigenvalue weighted by molar-refractivity contribution is -0.142. The van der Waals surface area contributed by atoms with Crippen LogP contribution in [0.1, 0.15) is 30.4 Å². The highest BCUT2D eigenvalue weighted by Crippen LogP contribution is 2.09. The number of amides is 3. The number of thioether (sulfide) groups is 1. The molecule has 0 fully saturated rings. The molecule has 12 nitrogen and oxygen atoms in total. The van der Waals surface area contributed by atoms with Gasteiger partial charge in [0.1, 0.15) is 18.1 Å². The Morgan fingerprint density at radius 1 is 0.786 bits per heavy atom. The number of carboxylic acid groups (broad SMARTS) is 1. The summed E-state index contributed by atoms with van der Waals surface area (Å²) in [6, 6.07) is 14.2. The van der Waals surface area contributed by atoms with E-state index >= 15 is 0 Å². The van der Waals surface area contributed by atoms with E-state index in [1.807, 2.05) is 66.9 Å². The number of hydrogen-bond donors (Lipinski definition) is 7. The van der Waals surface area contributed by atoms with E-state index < -0.39 is 47.9 Å². The second-order valence-corrected chi connectivity index (χ2v) is 10.7. The van der Waals surface area contributed by atoms with Crippen molar-refractivity contribution in [3.8, 4) is 0 Å². The Kier molecular flexibility index (Phi) is 14.9. The molecule has 0 aliphatic rings. The molecule has 3 amide bonds. The van der Waals surface area contributed by atoms with Crippen LogP contribution in [0, 0.1) is 0 Å². The number of nitrogens with zero attached hydrogens (tertiary/aromatic N) is 1. The van der Waals surface area contributed by atoms with Crippen LogP contribution < -0.4 is 33.2 Å². The molecular weight excluding hydrogens is 558 g/mol. The number of rotatable bonds is 18. The molecule has 0 aliphatic carbocycles. The number of aliphatic imine (C=N–C) groups is 1. The average Bonchev–Trinajstić information content (AvgIpc) is 2.96. The molecule has 0 bridgehead atoms. The minimum Gasteiger partial charge on any atom is -0.480 e. The van der Waals surface area contributed by atoms with E-state index in [1.165, 1.54) is 11.8 Å². The van der Waals surface area contributed by atoms with Crippen LogP contribution in [0.5, 0.6) is 0 Å². The van der Waals surface area contributed by atoms with Crippen LogP contribution in [0.3, 0.4) is 0 Å². The molecule has 2 aromatic rings. The fraction of sp³-hybridized carbons (Fsp3) is 0.414. The minimum absolute atomic E-state index is 0.111. The van der Waals surface area contributed by atoms with Gasteiger partial charge in [-0.05, 0) is 48.8 Å². The van der Waals surface area contributed by atoms with Crippen molar-refractivity contribution in [2.75, 3.05) is 18.6 Å². The summed E-state index contributed by atoms with van der Waals surface area (Å²) in [4.78, 5) is 55.5. The van der Waals surface area contributed by atoms with Crippen LogP contribution in [-0.2, 0) is 32.0 Å². The van der Waals surface area contributed by atoms with Gasteiger partial charge in [0, 0.05) is 13.0 Å². The van der Waals surface area contributed by atoms with E-state index in [9.17, 15) is 24.3 Å². The maximum atomic E-state index is 13.6. The minimum atomic E-state index is -1.18. The zero-order valence-corrected chi connectivity index (χ0v) is 24.5. The number of carbonyl (C=O) groups is 4. The number of nitrogens with one attached hydrogen (secondary N) is 3. The smallest absolute Gasteiger partial charge is 0.326 e. The van der Waals surface area contributed by atoms with E-state index in [0.29, 0.717) is 12.2 Å². The van der Waals surface area contributed by atoms with Crippen LogP contribution in [0.15, 0.2) is 65.7 Å². The predicted molar refractivity (Wildman–Crippen MR) is 165 cm³/mol. The molecule has 4 unspecified atom stereocenters. The van der Waals surface area contributed by atoms with E-state index in [-0.39, 0.29) is 38.2 Å². The molecule has 4 atom stereocenters. The van der Waals surface area contributed by atoms with Crippen molar-refractivity contribution in [3.63, 3.8) is 0 Å². The molecule has 10 N–H and O–H groups in total. The van der Waals surface area contributed by atoms with Gasteiger partial charge >= 0.3 is 5.97 Å². The van der Waals surface area contributed by atoms with Crippen LogP contribution in [0.2, 0.25) is 0 Å². The number of guanidine groups is 1. The summed E-state index contributed by atoms with van der Waals surface area (Å²) >= 11 is 1.45. The predicted octanol–water partition coefficient (Wildman–Crippen LogP) is 0.145. The highest BCUT2D eigenvalue weighted by atomic mass is 32.2. The molecule has 0 radical (unpaired) electrons. The van der Waals surface area contributed by atoms with Crippen molar-refractivity contribution in [3.05, 3.63) is 71.8 Å².